The molecule has 0 amide bonds. The van der Waals surface area contributed by atoms with Gasteiger partial charge in [0.15, 0.2) is 0 Å². The lowest BCUT2D eigenvalue weighted by molar-refractivity contribution is 0.543. The van der Waals surface area contributed by atoms with E-state index in [0.717, 1.165) is 36.0 Å². The molecular weight excluding hydrogens is 236 g/mol. The molecule has 2 aromatic rings. The summed E-state index contributed by atoms with van der Waals surface area (Å²) >= 11 is 5.94. The maximum Gasteiger partial charge on any atom is 0.137 e. The van der Waals surface area contributed by atoms with E-state index in [9.17, 15) is 0 Å². The molecule has 1 unspecified atom stereocenters. The topological polar surface area (TPSA) is 41.4 Å². The Balaban J connectivity index is 1.72. The minimum Gasteiger partial charge on any atom is -0.315 e. The van der Waals surface area contributed by atoms with Gasteiger partial charge in [-0.25, -0.2) is 4.98 Å². The molecule has 90 valence electrons. The summed E-state index contributed by atoms with van der Waals surface area (Å²) in [5.41, 5.74) is 2.00. The Morgan fingerprint density at radius 1 is 1.47 bits per heavy atom. The van der Waals surface area contributed by atoms with E-state index in [1.165, 1.54) is 6.42 Å². The van der Waals surface area contributed by atoms with E-state index in [2.05, 4.69) is 15.6 Å². The second-order valence-corrected chi connectivity index (χ2v) is 4.85. The van der Waals surface area contributed by atoms with Crippen LogP contribution in [0.2, 0.25) is 5.02 Å². The van der Waals surface area contributed by atoms with Gasteiger partial charge in [0, 0.05) is 31.5 Å². The van der Waals surface area contributed by atoms with Gasteiger partial charge in [-0.05, 0) is 25.1 Å². The number of fused-ring (bicyclic) bond motifs is 1. The quantitative estimate of drug-likeness (QED) is 0.866. The average molecular weight is 251 g/mol. The fraction of sp³-hybridized carbons (Fsp3) is 0.417. The van der Waals surface area contributed by atoms with E-state index < -0.39 is 0 Å². The molecule has 1 fully saturated rings. The monoisotopic (exact) mass is 250 g/mol. The summed E-state index contributed by atoms with van der Waals surface area (Å²) in [6.45, 7) is 2.98. The Kier molecular flexibility index (Phi) is 3.01. The predicted octanol–water partition coefficient (Wildman–Crippen LogP) is 1.44. The number of hydrogen-bond acceptors (Lipinski definition) is 3. The maximum atomic E-state index is 5.94. The number of pyridine rings is 1. The van der Waals surface area contributed by atoms with Crippen molar-refractivity contribution < 1.29 is 0 Å². The van der Waals surface area contributed by atoms with Gasteiger partial charge in [0.1, 0.15) is 5.65 Å². The molecule has 3 rings (SSSR count). The first-order valence-electron chi connectivity index (χ1n) is 5.88. The lowest BCUT2D eigenvalue weighted by atomic mass is 10.2. The molecule has 0 aliphatic carbocycles. The third kappa shape index (κ3) is 2.44. The van der Waals surface area contributed by atoms with E-state index in [1.807, 2.05) is 28.9 Å². The van der Waals surface area contributed by atoms with Gasteiger partial charge in [-0.1, -0.05) is 11.6 Å². The fourth-order valence-corrected chi connectivity index (χ4v) is 2.35. The van der Waals surface area contributed by atoms with Crippen LogP contribution in [0.1, 0.15) is 12.1 Å². The summed E-state index contributed by atoms with van der Waals surface area (Å²) in [7, 11) is 0. The smallest absolute Gasteiger partial charge is 0.137 e. The lowest BCUT2D eigenvalue weighted by Crippen LogP contribution is -2.30. The SMILES string of the molecule is Clc1ccc2nc(CNC3CCNC3)cn2c1. The molecule has 4 nitrogen and oxygen atoms in total. The van der Waals surface area contributed by atoms with Crippen molar-refractivity contribution in [3.05, 3.63) is 35.2 Å². The van der Waals surface area contributed by atoms with Gasteiger partial charge in [-0.3, -0.25) is 0 Å². The lowest BCUT2D eigenvalue weighted by Gasteiger charge is -2.08. The van der Waals surface area contributed by atoms with E-state index >= 15 is 0 Å². The number of nitrogens with one attached hydrogen (secondary N) is 2. The Morgan fingerprint density at radius 3 is 3.24 bits per heavy atom. The normalized spacial score (nSPS) is 20.2. The minimum atomic E-state index is 0.573. The van der Waals surface area contributed by atoms with Gasteiger partial charge >= 0.3 is 0 Å². The second kappa shape index (κ2) is 4.64. The fourth-order valence-electron chi connectivity index (χ4n) is 2.18. The van der Waals surface area contributed by atoms with E-state index in [4.69, 9.17) is 11.6 Å². The van der Waals surface area contributed by atoms with Crippen LogP contribution in [0.15, 0.2) is 24.5 Å². The van der Waals surface area contributed by atoms with Crippen molar-refractivity contribution in [2.75, 3.05) is 13.1 Å². The third-order valence-electron chi connectivity index (χ3n) is 3.10. The molecule has 17 heavy (non-hydrogen) atoms. The summed E-state index contributed by atoms with van der Waals surface area (Å²) in [5, 5.41) is 7.57. The van der Waals surface area contributed by atoms with Crippen LogP contribution >= 0.6 is 11.6 Å². The van der Waals surface area contributed by atoms with E-state index in [-0.39, 0.29) is 0 Å². The van der Waals surface area contributed by atoms with Gasteiger partial charge in [-0.15, -0.1) is 0 Å². The molecule has 5 heteroatoms. The van der Waals surface area contributed by atoms with Crippen LogP contribution in [-0.4, -0.2) is 28.5 Å². The predicted molar refractivity (Wildman–Crippen MR) is 68.3 cm³/mol. The minimum absolute atomic E-state index is 0.573. The highest BCUT2D eigenvalue weighted by molar-refractivity contribution is 6.30. The van der Waals surface area contributed by atoms with Crippen molar-refractivity contribution in [1.29, 1.82) is 0 Å². The van der Waals surface area contributed by atoms with Crippen LogP contribution in [-0.2, 0) is 6.54 Å². The average Bonchev–Trinajstić information content (AvgIpc) is 2.94. The zero-order chi connectivity index (χ0) is 11.7. The first-order chi connectivity index (χ1) is 8.31. The number of rotatable bonds is 3. The van der Waals surface area contributed by atoms with Crippen molar-refractivity contribution in [2.24, 2.45) is 0 Å². The highest BCUT2D eigenvalue weighted by Gasteiger charge is 2.13. The first kappa shape index (κ1) is 11.0. The summed E-state index contributed by atoms with van der Waals surface area (Å²) in [6, 6.07) is 4.37. The number of hydrogen-bond donors (Lipinski definition) is 2. The molecule has 2 aromatic heterocycles. The second-order valence-electron chi connectivity index (χ2n) is 4.42. The number of halogens is 1. The van der Waals surface area contributed by atoms with Crippen molar-refractivity contribution in [3.63, 3.8) is 0 Å². The molecule has 1 saturated heterocycles. The van der Waals surface area contributed by atoms with Crippen LogP contribution in [0.5, 0.6) is 0 Å². The summed E-state index contributed by atoms with van der Waals surface area (Å²) < 4.78 is 1.96. The van der Waals surface area contributed by atoms with Gasteiger partial charge in [0.05, 0.1) is 10.7 Å². The molecule has 0 saturated carbocycles. The summed E-state index contributed by atoms with van der Waals surface area (Å²) in [5.74, 6) is 0. The summed E-state index contributed by atoms with van der Waals surface area (Å²) in [4.78, 5) is 4.54. The largest absolute Gasteiger partial charge is 0.315 e. The number of imidazole rings is 1. The number of aromatic nitrogens is 2. The van der Waals surface area contributed by atoms with E-state index in [0.29, 0.717) is 6.04 Å². The van der Waals surface area contributed by atoms with Crippen LogP contribution < -0.4 is 10.6 Å². The Morgan fingerprint density at radius 2 is 2.41 bits per heavy atom. The van der Waals surface area contributed by atoms with Gasteiger partial charge in [0.2, 0.25) is 0 Å². The Bertz CT molecular complexity index is 516. The standard InChI is InChI=1S/C12H15ClN4/c13-9-1-2-12-16-11(8-17(12)7-9)6-15-10-3-4-14-5-10/h1-2,7-8,10,14-15H,3-6H2. The molecule has 2 N–H and O–H groups in total. The van der Waals surface area contributed by atoms with Crippen molar-refractivity contribution in [3.8, 4) is 0 Å². The number of nitrogens with zero attached hydrogens (tertiary/aromatic N) is 2. The van der Waals surface area contributed by atoms with Crippen LogP contribution in [0, 0.1) is 0 Å². The Labute approximate surface area is 105 Å². The zero-order valence-electron chi connectivity index (χ0n) is 9.49. The van der Waals surface area contributed by atoms with Crippen LogP contribution in [0.25, 0.3) is 5.65 Å². The molecule has 0 aromatic carbocycles. The van der Waals surface area contributed by atoms with Crippen molar-refractivity contribution in [1.82, 2.24) is 20.0 Å². The highest BCUT2D eigenvalue weighted by atomic mass is 35.5. The molecule has 3 heterocycles. The van der Waals surface area contributed by atoms with Gasteiger partial charge in [0.25, 0.3) is 0 Å². The molecule has 0 bridgehead atoms. The van der Waals surface area contributed by atoms with Crippen molar-refractivity contribution in [2.45, 2.75) is 19.0 Å². The Hall–Kier alpha value is -1.10. The highest BCUT2D eigenvalue weighted by Crippen LogP contribution is 2.12. The third-order valence-corrected chi connectivity index (χ3v) is 3.32. The summed E-state index contributed by atoms with van der Waals surface area (Å²) in [6.07, 6.45) is 5.10. The zero-order valence-corrected chi connectivity index (χ0v) is 10.2. The van der Waals surface area contributed by atoms with Crippen LogP contribution in [0.4, 0.5) is 0 Å². The molecule has 0 spiro atoms. The van der Waals surface area contributed by atoms with E-state index in [1.54, 1.807) is 0 Å². The van der Waals surface area contributed by atoms with Gasteiger partial charge < -0.3 is 15.0 Å². The molecular formula is C12H15ClN4. The molecule has 1 atom stereocenters. The first-order valence-corrected chi connectivity index (χ1v) is 6.26. The molecule has 1 aliphatic rings. The van der Waals surface area contributed by atoms with Gasteiger partial charge in [-0.2, -0.15) is 0 Å². The van der Waals surface area contributed by atoms with Crippen molar-refractivity contribution >= 4 is 17.2 Å². The van der Waals surface area contributed by atoms with Crippen LogP contribution in [0.3, 0.4) is 0 Å². The maximum absolute atomic E-state index is 5.94. The molecule has 1 aliphatic heterocycles. The molecule has 0 radical (unpaired) electrons.